The number of aliphatic carboxylic acids is 1. The quantitative estimate of drug-likeness (QED) is 0.486. The summed E-state index contributed by atoms with van der Waals surface area (Å²) < 4.78 is 11.1. The minimum Gasteiger partial charge on any atom is -0.480 e. The number of aliphatic hydroxyl groups is 1. The monoisotopic (exact) mass is 439 g/mol. The van der Waals surface area contributed by atoms with Gasteiger partial charge in [-0.15, -0.1) is 0 Å². The number of carboxylic acid groups (broad SMARTS) is 1. The number of benzene rings is 2. The molecule has 3 aromatic rings. The molecule has 10 heteroatoms. The molecule has 1 heterocycles. The number of carbonyl (C=O) groups is 3. The third kappa shape index (κ3) is 6.16. The van der Waals surface area contributed by atoms with E-state index < -0.39 is 30.3 Å². The molecule has 0 aliphatic carbocycles. The zero-order chi connectivity index (χ0) is 22.9. The Morgan fingerprint density at radius 3 is 2.06 bits per heavy atom. The molecular weight excluding hydrogens is 418 g/mol. The summed E-state index contributed by atoms with van der Waals surface area (Å²) in [6.45, 7) is -0.0424. The highest BCUT2D eigenvalue weighted by atomic mass is 16.6. The number of aliphatic hydroxyl groups excluding tert-OH is 1. The van der Waals surface area contributed by atoms with E-state index in [1.54, 1.807) is 54.6 Å². The van der Waals surface area contributed by atoms with E-state index in [1.807, 2.05) is 6.07 Å². The molecule has 3 rings (SSSR count). The lowest BCUT2D eigenvalue weighted by atomic mass is 10.1. The number of nitrogens with zero attached hydrogens (tertiary/aromatic N) is 2. The second-order valence-electron chi connectivity index (χ2n) is 6.71. The smallest absolute Gasteiger partial charge is 0.419 e. The van der Waals surface area contributed by atoms with Crippen molar-refractivity contribution in [2.45, 2.75) is 25.4 Å². The molecule has 0 unspecified atom stereocenters. The summed E-state index contributed by atoms with van der Waals surface area (Å²) in [6, 6.07) is 16.1. The third-order valence-corrected chi connectivity index (χ3v) is 4.39. The maximum Gasteiger partial charge on any atom is 0.419 e. The van der Waals surface area contributed by atoms with Crippen LogP contribution in [0.5, 0.6) is 0 Å². The van der Waals surface area contributed by atoms with Gasteiger partial charge in [0.2, 0.25) is 0 Å². The molecule has 0 bridgehead atoms. The van der Waals surface area contributed by atoms with Crippen LogP contribution in [-0.4, -0.2) is 44.0 Å². The van der Waals surface area contributed by atoms with Crippen molar-refractivity contribution in [3.8, 4) is 0 Å². The Balaban J connectivity index is 1.58. The molecule has 0 fully saturated rings. The van der Waals surface area contributed by atoms with E-state index in [1.165, 1.54) is 0 Å². The van der Waals surface area contributed by atoms with Gasteiger partial charge >= 0.3 is 18.2 Å². The van der Waals surface area contributed by atoms with E-state index in [0.29, 0.717) is 5.56 Å². The standard InChI is InChI=1S/C22H21N3O7/c26-19(18(20(27)28)24-21(29)31-12-15-7-3-1-4-8-15)17-11-25(14-23-17)22(30)32-13-16-9-5-2-6-10-16/h1-11,14,18-19,26H,12-13H2,(H,24,29)(H,27,28)/t18-,19+/m0/s1. The van der Waals surface area contributed by atoms with Crippen molar-refractivity contribution < 1.29 is 34.1 Å². The minimum atomic E-state index is -1.75. The van der Waals surface area contributed by atoms with Crippen LogP contribution in [0.25, 0.3) is 0 Å². The zero-order valence-electron chi connectivity index (χ0n) is 16.8. The molecule has 0 aliphatic heterocycles. The summed E-state index contributed by atoms with van der Waals surface area (Å²) >= 11 is 0. The Hall–Kier alpha value is -4.18. The molecule has 0 spiro atoms. The number of nitrogens with one attached hydrogen (secondary N) is 1. The molecule has 1 aromatic heterocycles. The number of carboxylic acids is 1. The lowest BCUT2D eigenvalue weighted by molar-refractivity contribution is -0.142. The van der Waals surface area contributed by atoms with Crippen molar-refractivity contribution in [3.05, 3.63) is 90.0 Å². The fourth-order valence-corrected chi connectivity index (χ4v) is 2.72. The van der Waals surface area contributed by atoms with Crippen LogP contribution in [0.3, 0.4) is 0 Å². The Kier molecular flexibility index (Phi) is 7.55. The van der Waals surface area contributed by atoms with E-state index in [2.05, 4.69) is 10.3 Å². The summed E-state index contributed by atoms with van der Waals surface area (Å²) in [7, 11) is 0. The Morgan fingerprint density at radius 2 is 1.50 bits per heavy atom. The van der Waals surface area contributed by atoms with Crippen molar-refractivity contribution in [2.75, 3.05) is 0 Å². The van der Waals surface area contributed by atoms with Crippen molar-refractivity contribution in [2.24, 2.45) is 0 Å². The predicted molar refractivity (Wildman–Crippen MR) is 110 cm³/mol. The van der Waals surface area contributed by atoms with Gasteiger partial charge in [-0.3, -0.25) is 0 Å². The van der Waals surface area contributed by atoms with Crippen LogP contribution in [0, 0.1) is 0 Å². The number of aromatic nitrogens is 2. The average Bonchev–Trinajstić information content (AvgIpc) is 3.31. The predicted octanol–water partition coefficient (Wildman–Crippen LogP) is 2.48. The highest BCUT2D eigenvalue weighted by Gasteiger charge is 2.32. The summed E-state index contributed by atoms with van der Waals surface area (Å²) in [6.07, 6.45) is -1.31. The molecule has 0 aliphatic rings. The van der Waals surface area contributed by atoms with Crippen LogP contribution in [0.1, 0.15) is 22.9 Å². The van der Waals surface area contributed by atoms with Crippen molar-refractivity contribution >= 4 is 18.2 Å². The van der Waals surface area contributed by atoms with Crippen molar-refractivity contribution in [1.82, 2.24) is 14.9 Å². The van der Waals surface area contributed by atoms with Crippen LogP contribution in [0.2, 0.25) is 0 Å². The Labute approximate surface area is 183 Å². The van der Waals surface area contributed by atoms with Crippen LogP contribution in [0.4, 0.5) is 9.59 Å². The fourth-order valence-electron chi connectivity index (χ4n) is 2.72. The molecule has 166 valence electrons. The number of ether oxygens (including phenoxy) is 2. The summed E-state index contributed by atoms with van der Waals surface area (Å²) in [4.78, 5) is 39.6. The second kappa shape index (κ2) is 10.7. The molecule has 2 aromatic carbocycles. The number of carbonyl (C=O) groups excluding carboxylic acids is 2. The van der Waals surface area contributed by atoms with E-state index in [-0.39, 0.29) is 18.9 Å². The molecule has 2 atom stereocenters. The van der Waals surface area contributed by atoms with Gasteiger partial charge in [0, 0.05) is 6.20 Å². The lowest BCUT2D eigenvalue weighted by Crippen LogP contribution is -2.45. The molecule has 0 saturated heterocycles. The van der Waals surface area contributed by atoms with Gasteiger partial charge in [-0.2, -0.15) is 0 Å². The molecule has 1 amide bonds. The van der Waals surface area contributed by atoms with Gasteiger partial charge in [-0.05, 0) is 11.1 Å². The first-order valence-electron chi connectivity index (χ1n) is 9.57. The number of amides is 1. The maximum absolute atomic E-state index is 12.2. The first kappa shape index (κ1) is 22.5. The van der Waals surface area contributed by atoms with Crippen LogP contribution < -0.4 is 5.32 Å². The van der Waals surface area contributed by atoms with Crippen molar-refractivity contribution in [1.29, 1.82) is 0 Å². The molecule has 0 radical (unpaired) electrons. The van der Waals surface area contributed by atoms with Crippen LogP contribution in [0.15, 0.2) is 73.2 Å². The fraction of sp³-hybridized carbons (Fsp3) is 0.182. The molecule has 3 N–H and O–H groups in total. The van der Waals surface area contributed by atoms with Gasteiger partial charge in [0.25, 0.3) is 0 Å². The SMILES string of the molecule is O=C(N[C@H](C(=O)O)[C@H](O)c1cn(C(=O)OCc2ccccc2)cn1)OCc1ccccc1. The molecule has 0 saturated carbocycles. The summed E-state index contributed by atoms with van der Waals surface area (Å²) in [5.74, 6) is -1.50. The van der Waals surface area contributed by atoms with Gasteiger partial charge in [0.1, 0.15) is 25.6 Å². The number of alkyl carbamates (subject to hydrolysis) is 1. The van der Waals surface area contributed by atoms with E-state index in [9.17, 15) is 24.6 Å². The Bertz CT molecular complexity index is 1050. The van der Waals surface area contributed by atoms with E-state index in [4.69, 9.17) is 9.47 Å². The Morgan fingerprint density at radius 1 is 0.938 bits per heavy atom. The average molecular weight is 439 g/mol. The first-order valence-corrected chi connectivity index (χ1v) is 9.57. The van der Waals surface area contributed by atoms with E-state index >= 15 is 0 Å². The van der Waals surface area contributed by atoms with Crippen molar-refractivity contribution in [3.63, 3.8) is 0 Å². The number of hydrogen-bond donors (Lipinski definition) is 3. The lowest BCUT2D eigenvalue weighted by Gasteiger charge is -2.18. The maximum atomic E-state index is 12.2. The highest BCUT2D eigenvalue weighted by Crippen LogP contribution is 2.16. The second-order valence-corrected chi connectivity index (χ2v) is 6.71. The molecule has 32 heavy (non-hydrogen) atoms. The van der Waals surface area contributed by atoms with Gasteiger partial charge in [0.15, 0.2) is 6.04 Å². The number of imidazole rings is 1. The largest absolute Gasteiger partial charge is 0.480 e. The van der Waals surface area contributed by atoms with Crippen LogP contribution in [-0.2, 0) is 27.5 Å². The van der Waals surface area contributed by atoms with Crippen LogP contribution >= 0.6 is 0 Å². The minimum absolute atomic E-state index is 0.0301. The van der Waals surface area contributed by atoms with Gasteiger partial charge in [0.05, 0.1) is 5.69 Å². The summed E-state index contributed by atoms with van der Waals surface area (Å²) in [5.41, 5.74) is 1.35. The molecular formula is C22H21N3O7. The zero-order valence-corrected chi connectivity index (χ0v) is 16.8. The normalized spacial score (nSPS) is 12.4. The van der Waals surface area contributed by atoms with Gasteiger partial charge < -0.3 is 25.0 Å². The topological polar surface area (TPSA) is 140 Å². The van der Waals surface area contributed by atoms with Gasteiger partial charge in [-0.1, -0.05) is 60.7 Å². The first-order chi connectivity index (χ1) is 15.4. The number of hydrogen-bond acceptors (Lipinski definition) is 7. The highest BCUT2D eigenvalue weighted by molar-refractivity contribution is 5.80. The number of rotatable bonds is 8. The molecule has 10 nitrogen and oxygen atoms in total. The van der Waals surface area contributed by atoms with Gasteiger partial charge in [-0.25, -0.2) is 23.9 Å². The summed E-state index contributed by atoms with van der Waals surface area (Å²) in [5, 5.41) is 21.9. The third-order valence-electron chi connectivity index (χ3n) is 4.39. The van der Waals surface area contributed by atoms with E-state index in [0.717, 1.165) is 22.7 Å².